The molecule has 0 radical (unpaired) electrons. The van der Waals surface area contributed by atoms with Gasteiger partial charge in [-0.15, -0.1) is 0 Å². The molecule has 1 heterocycles. The molecule has 16 heavy (non-hydrogen) atoms. The van der Waals surface area contributed by atoms with E-state index in [4.69, 9.17) is 11.6 Å². The highest BCUT2D eigenvalue weighted by Crippen LogP contribution is 2.26. The highest BCUT2D eigenvalue weighted by molar-refractivity contribution is 6.33. The Balaban J connectivity index is 2.14. The minimum absolute atomic E-state index is 0.663. The third kappa shape index (κ3) is 2.89. The molecule has 1 aromatic rings. The van der Waals surface area contributed by atoms with E-state index in [9.17, 15) is 0 Å². The summed E-state index contributed by atoms with van der Waals surface area (Å²) in [5, 5.41) is 4.33. The molecule has 1 aliphatic heterocycles. The van der Waals surface area contributed by atoms with Crippen LogP contribution in [0.3, 0.4) is 0 Å². The molecule has 3 heteroatoms. The highest BCUT2D eigenvalue weighted by Gasteiger charge is 2.15. The van der Waals surface area contributed by atoms with Crippen molar-refractivity contribution in [1.29, 1.82) is 0 Å². The van der Waals surface area contributed by atoms with Crippen molar-refractivity contribution in [3.05, 3.63) is 29.3 Å². The molecule has 1 unspecified atom stereocenters. The topological polar surface area (TPSA) is 15.3 Å². The number of benzene rings is 1. The Hall–Kier alpha value is -0.730. The zero-order valence-electron chi connectivity index (χ0n) is 9.75. The predicted octanol–water partition coefficient (Wildman–Crippen LogP) is 2.78. The van der Waals surface area contributed by atoms with Gasteiger partial charge in [-0.1, -0.05) is 30.7 Å². The molecule has 1 atom stereocenters. The van der Waals surface area contributed by atoms with E-state index in [1.807, 2.05) is 12.1 Å². The van der Waals surface area contributed by atoms with E-state index in [1.165, 1.54) is 12.1 Å². The minimum Gasteiger partial charge on any atom is -0.370 e. The Morgan fingerprint density at radius 1 is 1.38 bits per heavy atom. The predicted molar refractivity (Wildman–Crippen MR) is 70.3 cm³/mol. The normalized spacial score (nSPS) is 22.6. The molecule has 1 aliphatic rings. The second-order valence-electron chi connectivity index (χ2n) is 4.56. The van der Waals surface area contributed by atoms with Crippen molar-refractivity contribution < 1.29 is 0 Å². The van der Waals surface area contributed by atoms with E-state index in [-0.39, 0.29) is 0 Å². The fourth-order valence-electron chi connectivity index (χ4n) is 2.20. The number of halogens is 1. The van der Waals surface area contributed by atoms with Crippen LogP contribution in [0.1, 0.15) is 13.3 Å². The van der Waals surface area contributed by atoms with Crippen LogP contribution in [0.25, 0.3) is 0 Å². The first-order valence-corrected chi connectivity index (χ1v) is 6.35. The molecule has 1 aromatic carbocycles. The Labute approximate surface area is 103 Å². The van der Waals surface area contributed by atoms with Gasteiger partial charge in [0.1, 0.15) is 0 Å². The molecule has 0 aromatic heterocycles. The first kappa shape index (κ1) is 11.7. The summed E-state index contributed by atoms with van der Waals surface area (Å²) in [5.41, 5.74) is 1.18. The molecule has 1 fully saturated rings. The maximum absolute atomic E-state index is 6.24. The van der Waals surface area contributed by atoms with Gasteiger partial charge in [0.05, 0.1) is 10.7 Å². The summed E-state index contributed by atoms with van der Waals surface area (Å²) in [6.45, 7) is 6.65. The molecule has 1 saturated heterocycles. The summed E-state index contributed by atoms with van der Waals surface area (Å²) < 4.78 is 0. The van der Waals surface area contributed by atoms with E-state index in [1.54, 1.807) is 0 Å². The van der Waals surface area contributed by atoms with Crippen LogP contribution in [0.5, 0.6) is 0 Å². The average Bonchev–Trinajstić information content (AvgIpc) is 2.24. The molecule has 1 N–H and O–H groups in total. The second-order valence-corrected chi connectivity index (χ2v) is 4.97. The van der Waals surface area contributed by atoms with Crippen molar-refractivity contribution in [2.45, 2.75) is 13.3 Å². The Morgan fingerprint density at radius 2 is 2.19 bits per heavy atom. The van der Waals surface area contributed by atoms with Crippen LogP contribution in [0, 0.1) is 5.92 Å². The molecule has 0 bridgehead atoms. The molecular weight excluding hydrogens is 220 g/mol. The van der Waals surface area contributed by atoms with Gasteiger partial charge in [0.2, 0.25) is 0 Å². The SMILES string of the molecule is CC1CNCCCN(c2ccccc2Cl)C1. The van der Waals surface area contributed by atoms with Crippen LogP contribution >= 0.6 is 11.6 Å². The van der Waals surface area contributed by atoms with Crippen LogP contribution in [-0.4, -0.2) is 26.2 Å². The number of anilines is 1. The van der Waals surface area contributed by atoms with E-state index in [0.29, 0.717) is 5.92 Å². The largest absolute Gasteiger partial charge is 0.370 e. The van der Waals surface area contributed by atoms with Gasteiger partial charge >= 0.3 is 0 Å². The van der Waals surface area contributed by atoms with Gasteiger partial charge in [-0.2, -0.15) is 0 Å². The Kier molecular flexibility index (Phi) is 4.08. The zero-order valence-corrected chi connectivity index (χ0v) is 10.5. The Bertz CT molecular complexity index is 340. The Morgan fingerprint density at radius 3 is 3.00 bits per heavy atom. The van der Waals surface area contributed by atoms with Crippen LogP contribution in [0.15, 0.2) is 24.3 Å². The minimum atomic E-state index is 0.663. The third-order valence-corrected chi connectivity index (χ3v) is 3.32. The number of nitrogens with one attached hydrogen (secondary N) is 1. The second kappa shape index (κ2) is 5.55. The monoisotopic (exact) mass is 238 g/mol. The fraction of sp³-hybridized carbons (Fsp3) is 0.538. The molecule has 88 valence electrons. The van der Waals surface area contributed by atoms with Crippen LogP contribution < -0.4 is 10.2 Å². The molecule has 0 spiro atoms. The van der Waals surface area contributed by atoms with Crippen LogP contribution in [0.2, 0.25) is 5.02 Å². The lowest BCUT2D eigenvalue weighted by Crippen LogP contribution is -2.38. The average molecular weight is 239 g/mol. The first-order chi connectivity index (χ1) is 7.77. The molecule has 2 rings (SSSR count). The number of hydrogen-bond donors (Lipinski definition) is 1. The van der Waals surface area contributed by atoms with Crippen LogP contribution in [0.4, 0.5) is 5.69 Å². The quantitative estimate of drug-likeness (QED) is 0.810. The number of nitrogens with zero attached hydrogens (tertiary/aromatic N) is 1. The van der Waals surface area contributed by atoms with Crippen molar-refractivity contribution in [1.82, 2.24) is 5.32 Å². The highest BCUT2D eigenvalue weighted by atomic mass is 35.5. The van der Waals surface area contributed by atoms with Crippen molar-refractivity contribution in [3.63, 3.8) is 0 Å². The lowest BCUT2D eigenvalue weighted by Gasteiger charge is -2.31. The van der Waals surface area contributed by atoms with Crippen LogP contribution in [-0.2, 0) is 0 Å². The van der Waals surface area contributed by atoms with Gasteiger partial charge in [0, 0.05) is 13.1 Å². The summed E-state index contributed by atoms with van der Waals surface area (Å²) in [7, 11) is 0. The van der Waals surface area contributed by atoms with E-state index >= 15 is 0 Å². The summed E-state index contributed by atoms with van der Waals surface area (Å²) in [6.07, 6.45) is 1.18. The van der Waals surface area contributed by atoms with E-state index in [2.05, 4.69) is 29.3 Å². The maximum Gasteiger partial charge on any atom is 0.0639 e. The van der Waals surface area contributed by atoms with Gasteiger partial charge < -0.3 is 10.2 Å². The molecular formula is C13H19ClN2. The lowest BCUT2D eigenvalue weighted by molar-refractivity contribution is 0.468. The molecule has 0 aliphatic carbocycles. The smallest absolute Gasteiger partial charge is 0.0639 e. The van der Waals surface area contributed by atoms with Crippen molar-refractivity contribution in [3.8, 4) is 0 Å². The van der Waals surface area contributed by atoms with Crippen molar-refractivity contribution in [2.75, 3.05) is 31.1 Å². The van der Waals surface area contributed by atoms with Crippen molar-refractivity contribution in [2.24, 2.45) is 5.92 Å². The summed E-state index contributed by atoms with van der Waals surface area (Å²) in [5.74, 6) is 0.663. The number of hydrogen-bond acceptors (Lipinski definition) is 2. The van der Waals surface area contributed by atoms with E-state index in [0.717, 1.165) is 31.2 Å². The number of para-hydroxylation sites is 1. The number of rotatable bonds is 1. The van der Waals surface area contributed by atoms with Crippen molar-refractivity contribution >= 4 is 17.3 Å². The summed E-state index contributed by atoms with van der Waals surface area (Å²) in [6, 6.07) is 8.13. The van der Waals surface area contributed by atoms with E-state index < -0.39 is 0 Å². The maximum atomic E-state index is 6.24. The third-order valence-electron chi connectivity index (χ3n) is 3.00. The van der Waals surface area contributed by atoms with Gasteiger partial charge in [-0.3, -0.25) is 0 Å². The molecule has 0 amide bonds. The fourth-order valence-corrected chi connectivity index (χ4v) is 2.46. The van der Waals surface area contributed by atoms with Gasteiger partial charge in [0.25, 0.3) is 0 Å². The lowest BCUT2D eigenvalue weighted by atomic mass is 10.1. The zero-order chi connectivity index (χ0) is 11.4. The summed E-state index contributed by atoms with van der Waals surface area (Å²) >= 11 is 6.24. The standard InChI is InChI=1S/C13H19ClN2/c1-11-9-15-7-4-8-16(10-11)13-6-3-2-5-12(13)14/h2-3,5-6,11,15H,4,7-10H2,1H3. The van der Waals surface area contributed by atoms with Gasteiger partial charge in [-0.05, 0) is 37.6 Å². The molecule has 0 saturated carbocycles. The van der Waals surface area contributed by atoms with Gasteiger partial charge in [-0.25, -0.2) is 0 Å². The summed E-state index contributed by atoms with van der Waals surface area (Å²) in [4.78, 5) is 2.41. The first-order valence-electron chi connectivity index (χ1n) is 5.97. The van der Waals surface area contributed by atoms with Gasteiger partial charge in [0.15, 0.2) is 0 Å². The molecule has 2 nitrogen and oxygen atoms in total.